The Bertz CT molecular complexity index is 218. The molecule has 0 unspecified atom stereocenters. The zero-order valence-electron chi connectivity index (χ0n) is 4.95. The monoisotopic (exact) mass is 160 g/mol. The number of aliphatic hydroxyl groups excluding tert-OH is 1. The average molecular weight is 161 g/mol. The highest BCUT2D eigenvalue weighted by Crippen LogP contribution is 2.00. The molecule has 0 fully saturated rings. The summed E-state index contributed by atoms with van der Waals surface area (Å²) in [6.07, 6.45) is 1.26. The molecule has 2 N–H and O–H groups in total. The Morgan fingerprint density at radius 2 is 2.40 bits per heavy atom. The number of anilines is 1. The summed E-state index contributed by atoms with van der Waals surface area (Å²) in [6, 6.07) is 0. The van der Waals surface area contributed by atoms with Gasteiger partial charge in [-0.15, -0.1) is 0 Å². The van der Waals surface area contributed by atoms with Crippen molar-refractivity contribution < 1.29 is 5.11 Å². The molecule has 1 aromatic heterocycles. The van der Waals surface area contributed by atoms with Crippen LogP contribution in [-0.2, 0) is 0 Å². The van der Waals surface area contributed by atoms with Gasteiger partial charge in [0.25, 0.3) is 0 Å². The largest absolute Gasteiger partial charge is 0.376 e. The first-order chi connectivity index (χ1) is 4.83. The molecule has 0 aliphatic carbocycles. The van der Waals surface area contributed by atoms with E-state index in [4.69, 9.17) is 16.7 Å². The first kappa shape index (κ1) is 7.17. The summed E-state index contributed by atoms with van der Waals surface area (Å²) >= 11 is 5.40. The third-order valence-corrected chi connectivity index (χ3v) is 0.962. The van der Waals surface area contributed by atoms with E-state index in [2.05, 4.69) is 20.3 Å². The molecule has 5 nitrogen and oxygen atoms in total. The quantitative estimate of drug-likeness (QED) is 0.591. The predicted octanol–water partition coefficient (Wildman–Crippen LogP) is -0.113. The second-order valence-corrected chi connectivity index (χ2v) is 1.75. The molecule has 0 radical (unpaired) electrons. The molecule has 1 rings (SSSR count). The number of rotatable bonds is 2. The molecule has 0 amide bonds. The Balaban J connectivity index is 2.75. The van der Waals surface area contributed by atoms with Gasteiger partial charge in [0.05, 0.1) is 0 Å². The molecule has 1 aromatic rings. The van der Waals surface area contributed by atoms with Crippen molar-refractivity contribution in [2.75, 3.05) is 12.0 Å². The first-order valence-electron chi connectivity index (χ1n) is 2.52. The Hall–Kier alpha value is -0.940. The Labute approximate surface area is 62.1 Å². The summed E-state index contributed by atoms with van der Waals surface area (Å²) in [5.41, 5.74) is 0. The van der Waals surface area contributed by atoms with Crippen molar-refractivity contribution in [1.29, 1.82) is 0 Å². The van der Waals surface area contributed by atoms with Gasteiger partial charge in [-0.05, 0) is 11.6 Å². The van der Waals surface area contributed by atoms with E-state index in [1.54, 1.807) is 0 Å². The van der Waals surface area contributed by atoms with Gasteiger partial charge in [0.15, 0.2) is 0 Å². The molecule has 0 saturated carbocycles. The summed E-state index contributed by atoms with van der Waals surface area (Å²) < 4.78 is 0. The zero-order valence-corrected chi connectivity index (χ0v) is 5.71. The number of nitrogens with zero attached hydrogens (tertiary/aromatic N) is 3. The summed E-state index contributed by atoms with van der Waals surface area (Å²) in [5, 5.41) is 10.9. The smallest absolute Gasteiger partial charge is 0.228 e. The molecular weight excluding hydrogens is 156 g/mol. The lowest BCUT2D eigenvalue weighted by molar-refractivity contribution is 0.324. The molecule has 6 heteroatoms. The van der Waals surface area contributed by atoms with Crippen LogP contribution in [0.4, 0.5) is 5.95 Å². The highest BCUT2D eigenvalue weighted by atomic mass is 35.5. The van der Waals surface area contributed by atoms with E-state index in [1.807, 2.05) is 0 Å². The van der Waals surface area contributed by atoms with Gasteiger partial charge in [0, 0.05) is 0 Å². The third kappa shape index (κ3) is 1.78. The van der Waals surface area contributed by atoms with E-state index in [-0.39, 0.29) is 18.0 Å². The van der Waals surface area contributed by atoms with Crippen molar-refractivity contribution in [1.82, 2.24) is 15.0 Å². The SMILES string of the molecule is OCNc1ncnc(Cl)n1. The van der Waals surface area contributed by atoms with Crippen molar-refractivity contribution in [3.8, 4) is 0 Å². The predicted molar refractivity (Wildman–Crippen MR) is 35.5 cm³/mol. The van der Waals surface area contributed by atoms with Crippen molar-refractivity contribution in [3.05, 3.63) is 11.6 Å². The summed E-state index contributed by atoms with van der Waals surface area (Å²) in [6.45, 7) is -0.222. The lowest BCUT2D eigenvalue weighted by Gasteiger charge is -1.97. The van der Waals surface area contributed by atoms with Crippen LogP contribution in [0.1, 0.15) is 0 Å². The maximum absolute atomic E-state index is 8.36. The topological polar surface area (TPSA) is 70.9 Å². The summed E-state index contributed by atoms with van der Waals surface area (Å²) in [4.78, 5) is 10.8. The van der Waals surface area contributed by atoms with Crippen molar-refractivity contribution in [2.45, 2.75) is 0 Å². The number of hydrogen-bond donors (Lipinski definition) is 2. The molecule has 54 valence electrons. The number of aromatic nitrogens is 3. The van der Waals surface area contributed by atoms with Gasteiger partial charge < -0.3 is 10.4 Å². The first-order valence-corrected chi connectivity index (χ1v) is 2.90. The fraction of sp³-hybridized carbons (Fsp3) is 0.250. The maximum Gasteiger partial charge on any atom is 0.228 e. The highest BCUT2D eigenvalue weighted by molar-refractivity contribution is 6.28. The molecule has 0 spiro atoms. The Kier molecular flexibility index (Phi) is 2.35. The molecule has 0 saturated heterocycles. The van der Waals surface area contributed by atoms with Crippen molar-refractivity contribution in [2.24, 2.45) is 0 Å². The lowest BCUT2D eigenvalue weighted by atomic mass is 10.9. The van der Waals surface area contributed by atoms with E-state index in [0.717, 1.165) is 0 Å². The second kappa shape index (κ2) is 3.28. The van der Waals surface area contributed by atoms with E-state index >= 15 is 0 Å². The molecule has 10 heavy (non-hydrogen) atoms. The number of nitrogens with one attached hydrogen (secondary N) is 1. The van der Waals surface area contributed by atoms with E-state index in [9.17, 15) is 0 Å². The second-order valence-electron chi connectivity index (χ2n) is 1.41. The van der Waals surface area contributed by atoms with Gasteiger partial charge in [-0.1, -0.05) is 0 Å². The molecule has 0 bridgehead atoms. The molecule has 1 heterocycles. The van der Waals surface area contributed by atoms with Gasteiger partial charge in [0.2, 0.25) is 11.2 Å². The molecule has 0 aromatic carbocycles. The number of halogens is 1. The standard InChI is InChI=1S/C4H5ClN4O/c5-3-6-1-7-4(9-3)8-2-10/h1,10H,2H2,(H,6,7,8,9). The van der Waals surface area contributed by atoms with Gasteiger partial charge in [-0.25, -0.2) is 9.97 Å². The Morgan fingerprint density at radius 1 is 1.60 bits per heavy atom. The van der Waals surface area contributed by atoms with Crippen LogP contribution < -0.4 is 5.32 Å². The number of aliphatic hydroxyl groups is 1. The summed E-state index contributed by atoms with van der Waals surface area (Å²) in [5.74, 6) is 0.266. The zero-order chi connectivity index (χ0) is 7.40. The highest BCUT2D eigenvalue weighted by Gasteiger charge is 1.93. The van der Waals surface area contributed by atoms with Crippen LogP contribution in [-0.4, -0.2) is 26.8 Å². The van der Waals surface area contributed by atoms with Crippen LogP contribution in [0.25, 0.3) is 0 Å². The molecular formula is C4H5ClN4O. The molecule has 0 aliphatic rings. The minimum Gasteiger partial charge on any atom is -0.376 e. The summed E-state index contributed by atoms with van der Waals surface area (Å²) in [7, 11) is 0. The van der Waals surface area contributed by atoms with Crippen LogP contribution in [0.5, 0.6) is 0 Å². The van der Waals surface area contributed by atoms with Gasteiger partial charge >= 0.3 is 0 Å². The fourth-order valence-electron chi connectivity index (χ4n) is 0.432. The van der Waals surface area contributed by atoms with E-state index < -0.39 is 0 Å². The number of hydrogen-bond acceptors (Lipinski definition) is 5. The van der Waals surface area contributed by atoms with Crippen molar-refractivity contribution >= 4 is 17.5 Å². The molecule has 0 atom stereocenters. The Morgan fingerprint density at radius 3 is 3.00 bits per heavy atom. The van der Waals surface area contributed by atoms with Gasteiger partial charge in [-0.3, -0.25) is 0 Å². The van der Waals surface area contributed by atoms with Crippen LogP contribution >= 0.6 is 11.6 Å². The molecule has 0 aliphatic heterocycles. The van der Waals surface area contributed by atoms with Crippen LogP contribution in [0.15, 0.2) is 6.33 Å². The normalized spacial score (nSPS) is 9.40. The fourth-order valence-corrected chi connectivity index (χ4v) is 0.556. The minimum atomic E-state index is -0.222. The van der Waals surface area contributed by atoms with Crippen LogP contribution in [0, 0.1) is 0 Å². The third-order valence-electron chi connectivity index (χ3n) is 0.780. The van der Waals surface area contributed by atoms with Crippen molar-refractivity contribution in [3.63, 3.8) is 0 Å². The lowest BCUT2D eigenvalue weighted by Crippen LogP contribution is -2.04. The van der Waals surface area contributed by atoms with Gasteiger partial charge in [0.1, 0.15) is 13.1 Å². The van der Waals surface area contributed by atoms with E-state index in [1.165, 1.54) is 6.33 Å². The maximum atomic E-state index is 8.36. The average Bonchev–Trinajstić information content (AvgIpc) is 1.88. The van der Waals surface area contributed by atoms with Gasteiger partial charge in [-0.2, -0.15) is 4.98 Å². The van der Waals surface area contributed by atoms with Crippen LogP contribution in [0.2, 0.25) is 5.28 Å². The van der Waals surface area contributed by atoms with E-state index in [0.29, 0.717) is 0 Å². The van der Waals surface area contributed by atoms with Crippen LogP contribution in [0.3, 0.4) is 0 Å². The minimum absolute atomic E-state index is 0.103.